The highest BCUT2D eigenvalue weighted by atomic mass is 16.5. The monoisotopic (exact) mass is 946 g/mol. The molecule has 1 amide bonds. The van der Waals surface area contributed by atoms with Crippen LogP contribution >= 0.6 is 0 Å². The van der Waals surface area contributed by atoms with Crippen LogP contribution in [0.15, 0.2) is 12.2 Å². The number of aliphatic hydroxyl groups excluding tert-OH is 2. The van der Waals surface area contributed by atoms with E-state index in [1.807, 2.05) is 0 Å². The minimum atomic E-state index is -0.659. The largest absolute Gasteiger partial charge is 0.466 e. The molecule has 6 nitrogen and oxygen atoms in total. The number of hydrogen-bond acceptors (Lipinski definition) is 5. The van der Waals surface area contributed by atoms with Crippen LogP contribution in [0.1, 0.15) is 341 Å². The van der Waals surface area contributed by atoms with Gasteiger partial charge in [-0.25, -0.2) is 0 Å². The Balaban J connectivity index is 3.31. The van der Waals surface area contributed by atoms with E-state index in [2.05, 4.69) is 31.3 Å². The lowest BCUT2D eigenvalue weighted by atomic mass is 10.0. The number of amides is 1. The average Bonchev–Trinajstić information content (AvgIpc) is 3.33. The molecule has 0 aliphatic carbocycles. The van der Waals surface area contributed by atoms with Gasteiger partial charge in [-0.05, 0) is 51.4 Å². The van der Waals surface area contributed by atoms with Crippen molar-refractivity contribution in [3.8, 4) is 0 Å². The van der Waals surface area contributed by atoms with Gasteiger partial charge in [0.25, 0.3) is 0 Å². The molecule has 0 saturated carbocycles. The van der Waals surface area contributed by atoms with Crippen LogP contribution in [-0.4, -0.2) is 47.4 Å². The third-order valence-electron chi connectivity index (χ3n) is 14.3. The van der Waals surface area contributed by atoms with Crippen LogP contribution in [0.2, 0.25) is 0 Å². The van der Waals surface area contributed by atoms with Gasteiger partial charge < -0.3 is 20.3 Å². The summed E-state index contributed by atoms with van der Waals surface area (Å²) in [4.78, 5) is 24.5. The highest BCUT2D eigenvalue weighted by Gasteiger charge is 2.20. The van der Waals surface area contributed by atoms with Gasteiger partial charge in [-0.1, -0.05) is 289 Å². The number of ether oxygens (including phenoxy) is 1. The second-order valence-corrected chi connectivity index (χ2v) is 21.0. The molecule has 0 aliphatic heterocycles. The van der Waals surface area contributed by atoms with E-state index in [0.29, 0.717) is 25.9 Å². The quantitative estimate of drug-likeness (QED) is 0.0321. The summed E-state index contributed by atoms with van der Waals surface area (Å²) in [5.41, 5.74) is 0. The van der Waals surface area contributed by atoms with Gasteiger partial charge in [-0.15, -0.1) is 0 Å². The zero-order valence-corrected chi connectivity index (χ0v) is 45.4. The number of rotatable bonds is 57. The molecule has 67 heavy (non-hydrogen) atoms. The van der Waals surface area contributed by atoms with Crippen LogP contribution in [0.5, 0.6) is 0 Å². The minimum Gasteiger partial charge on any atom is -0.466 e. The normalized spacial score (nSPS) is 12.6. The average molecular weight is 947 g/mol. The summed E-state index contributed by atoms with van der Waals surface area (Å²) < 4.78 is 5.48. The van der Waals surface area contributed by atoms with E-state index in [1.54, 1.807) is 0 Å². The fourth-order valence-electron chi connectivity index (χ4n) is 9.64. The van der Waals surface area contributed by atoms with Crippen LogP contribution in [-0.2, 0) is 14.3 Å². The van der Waals surface area contributed by atoms with Crippen molar-refractivity contribution < 1.29 is 24.5 Å². The zero-order valence-electron chi connectivity index (χ0n) is 45.4. The first-order chi connectivity index (χ1) is 33.0. The van der Waals surface area contributed by atoms with Gasteiger partial charge in [0.05, 0.1) is 25.4 Å². The Hall–Kier alpha value is -1.40. The number of aliphatic hydroxyl groups is 2. The van der Waals surface area contributed by atoms with Crippen molar-refractivity contribution in [2.45, 2.75) is 353 Å². The molecule has 2 unspecified atom stereocenters. The zero-order chi connectivity index (χ0) is 48.6. The molecule has 0 spiro atoms. The molecule has 0 heterocycles. The van der Waals surface area contributed by atoms with Gasteiger partial charge in [-0.2, -0.15) is 0 Å². The highest BCUT2D eigenvalue weighted by Crippen LogP contribution is 2.18. The van der Waals surface area contributed by atoms with Crippen molar-refractivity contribution in [1.29, 1.82) is 0 Å². The molecule has 0 aromatic carbocycles. The third kappa shape index (κ3) is 53.8. The Kier molecular flexibility index (Phi) is 56.0. The van der Waals surface area contributed by atoms with Crippen molar-refractivity contribution >= 4 is 11.9 Å². The van der Waals surface area contributed by atoms with Gasteiger partial charge in [0.15, 0.2) is 0 Å². The summed E-state index contributed by atoms with van der Waals surface area (Å²) >= 11 is 0. The Bertz CT molecular complexity index is 1000. The van der Waals surface area contributed by atoms with Gasteiger partial charge in [0, 0.05) is 12.8 Å². The molecule has 2 atom stereocenters. The number of carbonyl (C=O) groups excluding carboxylic acids is 2. The van der Waals surface area contributed by atoms with Crippen LogP contribution in [0.3, 0.4) is 0 Å². The Labute approximate surface area is 419 Å². The molecule has 0 aliphatic rings. The molecule has 0 fully saturated rings. The number of nitrogens with one attached hydrogen (secondary N) is 1. The predicted octanol–water partition coefficient (Wildman–Crippen LogP) is 18.9. The number of allylic oxidation sites excluding steroid dienone is 2. The third-order valence-corrected chi connectivity index (χ3v) is 14.3. The highest BCUT2D eigenvalue weighted by molar-refractivity contribution is 5.76. The van der Waals surface area contributed by atoms with E-state index in [-0.39, 0.29) is 18.5 Å². The summed E-state index contributed by atoms with van der Waals surface area (Å²) in [5, 5.41) is 23.1. The Morgan fingerprint density at radius 2 is 0.701 bits per heavy atom. The van der Waals surface area contributed by atoms with Crippen LogP contribution in [0.25, 0.3) is 0 Å². The van der Waals surface area contributed by atoms with Crippen LogP contribution in [0, 0.1) is 0 Å². The summed E-state index contributed by atoms with van der Waals surface area (Å²) in [6.45, 7) is 4.94. The van der Waals surface area contributed by atoms with E-state index in [4.69, 9.17) is 4.74 Å². The number of hydrogen-bond donors (Lipinski definition) is 3. The fraction of sp³-hybridized carbons (Fsp3) is 0.934. The fourth-order valence-corrected chi connectivity index (χ4v) is 9.64. The smallest absolute Gasteiger partial charge is 0.305 e. The molecule has 6 heteroatoms. The molecule has 3 N–H and O–H groups in total. The van der Waals surface area contributed by atoms with Gasteiger partial charge >= 0.3 is 5.97 Å². The lowest BCUT2D eigenvalue weighted by Gasteiger charge is -2.22. The molecule has 0 rings (SSSR count). The van der Waals surface area contributed by atoms with E-state index < -0.39 is 12.1 Å². The maximum Gasteiger partial charge on any atom is 0.305 e. The molecule has 398 valence electrons. The number of unbranched alkanes of at least 4 members (excludes halogenated alkanes) is 44. The summed E-state index contributed by atoms with van der Waals surface area (Å²) in [6, 6.07) is -0.536. The standard InChI is InChI=1S/C61H119NO5/c1-3-5-7-9-11-13-14-15-28-32-35-39-43-47-51-55-61(66)67-56-52-48-44-40-36-33-30-27-25-23-21-19-17-16-18-20-22-24-26-29-31-34-38-42-46-50-54-60(65)62-58(57-63)59(64)53-49-45-41-37-12-10-8-6-4-2/h15,28,58-59,63-64H,3-14,16-27,29-57H2,1-2H3,(H,62,65)/b28-15-. The summed E-state index contributed by atoms with van der Waals surface area (Å²) in [7, 11) is 0. The van der Waals surface area contributed by atoms with E-state index in [1.165, 1.54) is 263 Å². The van der Waals surface area contributed by atoms with E-state index in [0.717, 1.165) is 44.9 Å². The molecule has 0 radical (unpaired) electrons. The lowest BCUT2D eigenvalue weighted by molar-refractivity contribution is -0.143. The summed E-state index contributed by atoms with van der Waals surface area (Å²) in [6.07, 6.45) is 68.1. The molecule has 0 saturated heterocycles. The summed E-state index contributed by atoms with van der Waals surface area (Å²) in [5.74, 6) is -0.0242. The second-order valence-electron chi connectivity index (χ2n) is 21.0. The maximum absolute atomic E-state index is 12.4. The Morgan fingerprint density at radius 1 is 0.403 bits per heavy atom. The van der Waals surface area contributed by atoms with Crippen molar-refractivity contribution in [3.63, 3.8) is 0 Å². The van der Waals surface area contributed by atoms with Crippen molar-refractivity contribution in [2.24, 2.45) is 0 Å². The molecule has 0 bridgehead atoms. The number of esters is 1. The van der Waals surface area contributed by atoms with E-state index in [9.17, 15) is 19.8 Å². The number of carbonyl (C=O) groups is 2. The molecular weight excluding hydrogens is 827 g/mol. The van der Waals surface area contributed by atoms with Crippen molar-refractivity contribution in [1.82, 2.24) is 5.32 Å². The first-order valence-corrected chi connectivity index (χ1v) is 30.4. The van der Waals surface area contributed by atoms with Crippen LogP contribution < -0.4 is 5.32 Å². The predicted molar refractivity (Wildman–Crippen MR) is 292 cm³/mol. The Morgan fingerprint density at radius 3 is 1.06 bits per heavy atom. The maximum atomic E-state index is 12.4. The lowest BCUT2D eigenvalue weighted by Crippen LogP contribution is -2.45. The first-order valence-electron chi connectivity index (χ1n) is 30.4. The minimum absolute atomic E-state index is 0.00969. The first kappa shape index (κ1) is 65.6. The SMILES string of the molecule is CCCCCCCC/C=C\CCCCCCCC(=O)OCCCCCCCCCCCCCCCCCCCCCCCCCCCCC(=O)NC(CO)C(O)CCCCCCCCCCC. The molecule has 0 aromatic rings. The topological polar surface area (TPSA) is 95.9 Å². The van der Waals surface area contributed by atoms with E-state index >= 15 is 0 Å². The van der Waals surface area contributed by atoms with Gasteiger partial charge in [0.2, 0.25) is 5.91 Å². The van der Waals surface area contributed by atoms with Crippen LogP contribution in [0.4, 0.5) is 0 Å². The van der Waals surface area contributed by atoms with Gasteiger partial charge in [0.1, 0.15) is 0 Å². The molecule has 0 aromatic heterocycles. The van der Waals surface area contributed by atoms with Crippen molar-refractivity contribution in [3.05, 3.63) is 12.2 Å². The second kappa shape index (κ2) is 57.2. The molecular formula is C61H119NO5. The van der Waals surface area contributed by atoms with Gasteiger partial charge in [-0.3, -0.25) is 9.59 Å². The van der Waals surface area contributed by atoms with Crippen molar-refractivity contribution in [2.75, 3.05) is 13.2 Å².